The normalized spacial score (nSPS) is 23.1. The molecule has 1 N–H and O–H groups in total. The number of carbonyl (C=O) groups is 2. The number of hydrogen-bond acceptors (Lipinski definition) is 6. The van der Waals surface area contributed by atoms with Crippen molar-refractivity contribution < 1.29 is 22.7 Å². The maximum absolute atomic E-state index is 13.4. The number of carbonyl (C=O) groups excluding carboxylic acids is 2. The Labute approximate surface area is 210 Å². The van der Waals surface area contributed by atoms with E-state index in [1.54, 1.807) is 20.8 Å². The molecule has 0 unspecified atom stereocenters. The Morgan fingerprint density at radius 2 is 1.71 bits per heavy atom. The van der Waals surface area contributed by atoms with Gasteiger partial charge in [-0.15, -0.1) is 0 Å². The summed E-state index contributed by atoms with van der Waals surface area (Å²) < 4.78 is 29.9. The second kappa shape index (κ2) is 10.0. The molecule has 2 aliphatic heterocycles. The highest BCUT2D eigenvalue weighted by Gasteiger charge is 2.49. The number of sulfone groups is 1. The van der Waals surface area contributed by atoms with Gasteiger partial charge in [-0.05, 0) is 38.5 Å². The molecule has 0 aliphatic carbocycles. The van der Waals surface area contributed by atoms with E-state index in [1.165, 1.54) is 11.8 Å². The number of amides is 2. The molecular weight excluding hydrogens is 486 g/mol. The first-order valence-corrected chi connectivity index (χ1v) is 14.1. The Morgan fingerprint density at radius 1 is 1.09 bits per heavy atom. The zero-order valence-corrected chi connectivity index (χ0v) is 21.5. The van der Waals surface area contributed by atoms with Crippen molar-refractivity contribution in [3.63, 3.8) is 0 Å². The Bertz CT molecular complexity index is 1210. The lowest BCUT2D eigenvalue weighted by atomic mass is 10.1. The lowest BCUT2D eigenvalue weighted by Gasteiger charge is -2.25. The number of amidine groups is 1. The van der Waals surface area contributed by atoms with Gasteiger partial charge in [0.15, 0.2) is 15.0 Å². The minimum absolute atomic E-state index is 0.0103. The van der Waals surface area contributed by atoms with Gasteiger partial charge in [-0.3, -0.25) is 4.79 Å². The summed E-state index contributed by atoms with van der Waals surface area (Å²) in [5.74, 6) is -0.468. The lowest BCUT2D eigenvalue weighted by molar-refractivity contribution is -0.119. The molecule has 2 aliphatic rings. The molecule has 2 heterocycles. The number of ether oxygens (including phenoxy) is 1. The number of alkyl carbamates (subject to hydrolysis) is 1. The van der Waals surface area contributed by atoms with Crippen LogP contribution >= 0.6 is 11.8 Å². The van der Waals surface area contributed by atoms with Crippen LogP contribution in [0.2, 0.25) is 0 Å². The van der Waals surface area contributed by atoms with E-state index in [1.807, 2.05) is 65.6 Å². The van der Waals surface area contributed by atoms with Gasteiger partial charge in [-0.1, -0.05) is 60.3 Å². The van der Waals surface area contributed by atoms with Crippen LogP contribution in [-0.4, -0.2) is 60.0 Å². The molecule has 2 saturated heterocycles. The average molecular weight is 516 g/mol. The maximum atomic E-state index is 13.4. The molecule has 8 nitrogen and oxygen atoms in total. The quantitative estimate of drug-likeness (QED) is 0.650. The Morgan fingerprint density at radius 3 is 2.34 bits per heavy atom. The smallest absolute Gasteiger partial charge is 0.408 e. The van der Waals surface area contributed by atoms with Crippen molar-refractivity contribution in [2.45, 2.75) is 50.1 Å². The van der Waals surface area contributed by atoms with Crippen LogP contribution in [0.25, 0.3) is 0 Å². The molecule has 4 rings (SSSR count). The van der Waals surface area contributed by atoms with Crippen LogP contribution in [0.4, 0.5) is 10.5 Å². The summed E-state index contributed by atoms with van der Waals surface area (Å²) in [6.07, 6.45) is -0.457. The lowest BCUT2D eigenvalue weighted by Crippen LogP contribution is -2.45. The number of nitrogens with one attached hydrogen (secondary N) is 1. The van der Waals surface area contributed by atoms with Crippen LogP contribution in [0.1, 0.15) is 26.3 Å². The molecule has 2 aromatic carbocycles. The number of fused-ring (bicyclic) bond motifs is 1. The van der Waals surface area contributed by atoms with E-state index in [2.05, 4.69) is 10.3 Å². The minimum Gasteiger partial charge on any atom is -0.444 e. The van der Waals surface area contributed by atoms with Crippen molar-refractivity contribution in [1.29, 1.82) is 0 Å². The molecule has 3 atom stereocenters. The first-order valence-electron chi connectivity index (χ1n) is 11.4. The van der Waals surface area contributed by atoms with Crippen molar-refractivity contribution in [2.75, 3.05) is 16.4 Å². The summed E-state index contributed by atoms with van der Waals surface area (Å²) in [5, 5.41) is 2.90. The number of hydrogen-bond donors (Lipinski definition) is 1. The van der Waals surface area contributed by atoms with Gasteiger partial charge in [0, 0.05) is 17.4 Å². The number of benzene rings is 2. The van der Waals surface area contributed by atoms with Crippen LogP contribution in [0.3, 0.4) is 0 Å². The van der Waals surface area contributed by atoms with Crippen molar-refractivity contribution in [1.82, 2.24) is 5.32 Å². The van der Waals surface area contributed by atoms with E-state index in [-0.39, 0.29) is 29.2 Å². The number of para-hydroxylation sites is 1. The maximum Gasteiger partial charge on any atom is 0.408 e. The van der Waals surface area contributed by atoms with Gasteiger partial charge in [0.1, 0.15) is 11.6 Å². The van der Waals surface area contributed by atoms with Crippen molar-refractivity contribution >= 4 is 44.5 Å². The third kappa shape index (κ3) is 6.43. The van der Waals surface area contributed by atoms with E-state index < -0.39 is 33.5 Å². The predicted octanol–water partition coefficient (Wildman–Crippen LogP) is 3.42. The average Bonchev–Trinajstić information content (AvgIpc) is 3.23. The van der Waals surface area contributed by atoms with Crippen molar-refractivity contribution in [3.05, 3.63) is 66.2 Å². The van der Waals surface area contributed by atoms with E-state index in [4.69, 9.17) is 4.74 Å². The van der Waals surface area contributed by atoms with Crippen LogP contribution < -0.4 is 10.2 Å². The van der Waals surface area contributed by atoms with Gasteiger partial charge in [-0.25, -0.2) is 13.2 Å². The van der Waals surface area contributed by atoms with E-state index in [0.29, 0.717) is 5.17 Å². The number of nitrogens with zero attached hydrogens (tertiary/aromatic N) is 2. The standard InChI is InChI=1S/C25H29N3O5S2/c1-25(2,3)33-24(30)26-19(14-17-10-6-4-7-11-17)22(29)27-23-28(18-12-8-5-9-13-18)20-15-35(31,32)16-21(20)34-23/h4-13,19-21H,14-16H2,1-3H3,(H,26,30)/t19-,20+,21-/m1/s1. The molecular formula is C25H29N3O5S2. The molecule has 2 amide bonds. The molecule has 10 heteroatoms. The summed E-state index contributed by atoms with van der Waals surface area (Å²) in [6.45, 7) is 5.25. The largest absolute Gasteiger partial charge is 0.444 e. The van der Waals surface area contributed by atoms with Crippen LogP contribution in [0, 0.1) is 0 Å². The Hall–Kier alpha value is -2.85. The fourth-order valence-corrected chi connectivity index (χ4v) is 8.05. The number of aliphatic imine (C=N–C) groups is 1. The molecule has 0 aromatic heterocycles. The highest BCUT2D eigenvalue weighted by molar-refractivity contribution is 8.16. The summed E-state index contributed by atoms with van der Waals surface area (Å²) in [4.78, 5) is 32.2. The monoisotopic (exact) mass is 515 g/mol. The molecule has 2 aromatic rings. The van der Waals surface area contributed by atoms with E-state index >= 15 is 0 Å². The van der Waals surface area contributed by atoms with Crippen LogP contribution in [-0.2, 0) is 25.8 Å². The molecule has 0 radical (unpaired) electrons. The molecule has 35 heavy (non-hydrogen) atoms. The van der Waals surface area contributed by atoms with Gasteiger partial charge in [-0.2, -0.15) is 4.99 Å². The molecule has 0 bridgehead atoms. The highest BCUT2D eigenvalue weighted by Crippen LogP contribution is 2.40. The SMILES string of the molecule is CC(C)(C)OC(=O)N[C@H](Cc1ccccc1)C(=O)N=C1S[C@@H]2CS(=O)(=O)C[C@@H]2N1c1ccccc1. The topological polar surface area (TPSA) is 105 Å². The van der Waals surface area contributed by atoms with E-state index in [0.717, 1.165) is 11.3 Å². The summed E-state index contributed by atoms with van der Waals surface area (Å²) in [6, 6.07) is 17.4. The zero-order chi connectivity index (χ0) is 25.2. The number of anilines is 1. The molecule has 2 fully saturated rings. The molecule has 0 saturated carbocycles. The van der Waals surface area contributed by atoms with Crippen molar-refractivity contribution in [2.24, 2.45) is 4.99 Å². The number of rotatable bonds is 5. The van der Waals surface area contributed by atoms with Gasteiger partial charge < -0.3 is 15.0 Å². The second-order valence-corrected chi connectivity index (χ2v) is 13.0. The van der Waals surface area contributed by atoms with Gasteiger partial charge in [0.25, 0.3) is 5.91 Å². The van der Waals surface area contributed by atoms with Gasteiger partial charge in [0.2, 0.25) is 0 Å². The fourth-order valence-electron chi connectivity index (χ4n) is 4.13. The fraction of sp³-hybridized carbons (Fsp3) is 0.400. The van der Waals surface area contributed by atoms with Crippen LogP contribution in [0.5, 0.6) is 0 Å². The summed E-state index contributed by atoms with van der Waals surface area (Å²) in [5.41, 5.74) is 0.921. The minimum atomic E-state index is -3.16. The third-order valence-electron chi connectivity index (χ3n) is 5.58. The van der Waals surface area contributed by atoms with Gasteiger partial charge >= 0.3 is 6.09 Å². The van der Waals surface area contributed by atoms with Crippen LogP contribution in [0.15, 0.2) is 65.7 Å². The molecule has 0 spiro atoms. The number of thioether (sulfide) groups is 1. The summed E-state index contributed by atoms with van der Waals surface area (Å²) in [7, 11) is -3.16. The van der Waals surface area contributed by atoms with Crippen molar-refractivity contribution in [3.8, 4) is 0 Å². The first kappa shape index (κ1) is 25.2. The predicted molar refractivity (Wildman–Crippen MR) is 138 cm³/mol. The highest BCUT2D eigenvalue weighted by atomic mass is 32.2. The Balaban J connectivity index is 1.63. The second-order valence-electron chi connectivity index (χ2n) is 9.63. The Kier molecular flexibility index (Phi) is 7.23. The zero-order valence-electron chi connectivity index (χ0n) is 19.9. The third-order valence-corrected chi connectivity index (χ3v) is 8.79. The van der Waals surface area contributed by atoms with Gasteiger partial charge in [0.05, 0.1) is 17.5 Å². The van der Waals surface area contributed by atoms with E-state index in [9.17, 15) is 18.0 Å². The first-order chi connectivity index (χ1) is 16.5. The summed E-state index contributed by atoms with van der Waals surface area (Å²) >= 11 is 1.30. The molecule has 186 valence electrons.